The lowest BCUT2D eigenvalue weighted by Crippen LogP contribution is -2.34. The molecule has 4 heterocycles. The Morgan fingerprint density at radius 1 is 1.26 bits per heavy atom. The molecule has 1 aliphatic heterocycles. The quantitative estimate of drug-likeness (QED) is 0.272. The van der Waals surface area contributed by atoms with Crippen molar-refractivity contribution in [2.24, 2.45) is 0 Å². The van der Waals surface area contributed by atoms with E-state index in [1.165, 1.54) is 0 Å². The van der Waals surface area contributed by atoms with Crippen molar-refractivity contribution in [3.63, 3.8) is 0 Å². The number of carbonyl (C=O) groups excluding carboxylic acids is 1. The van der Waals surface area contributed by atoms with E-state index in [0.29, 0.717) is 36.6 Å². The number of allylic oxidation sites excluding steroid dienone is 2. The van der Waals surface area contributed by atoms with Crippen molar-refractivity contribution in [3.05, 3.63) is 83.9 Å². The maximum absolute atomic E-state index is 12.0. The summed E-state index contributed by atoms with van der Waals surface area (Å²) in [5, 5.41) is 14.6. The number of hydrogen-bond acceptors (Lipinski definition) is 5. The highest BCUT2D eigenvalue weighted by Crippen LogP contribution is 2.31. The number of fused-ring (bicyclic) bond motifs is 2. The van der Waals surface area contributed by atoms with Crippen LogP contribution < -0.4 is 5.73 Å². The average molecular weight is 523 g/mol. The number of aliphatic hydroxyl groups excluding tert-OH is 1. The van der Waals surface area contributed by atoms with Gasteiger partial charge in [-0.05, 0) is 37.6 Å². The lowest BCUT2D eigenvalue weighted by Gasteiger charge is -2.20. The molecule has 0 radical (unpaired) electrons. The fraction of sp³-hybridized carbons (Fsp3) is 0.233. The van der Waals surface area contributed by atoms with Crippen molar-refractivity contribution < 1.29 is 14.5 Å². The molecule has 0 saturated heterocycles. The zero-order valence-corrected chi connectivity index (χ0v) is 22.4. The molecule has 1 aliphatic rings. The molecule has 0 saturated carbocycles. The summed E-state index contributed by atoms with van der Waals surface area (Å²) in [6.45, 7) is 8.57. The Bertz CT molecular complexity index is 1730. The van der Waals surface area contributed by atoms with Crippen LogP contribution in [0.2, 0.25) is 0 Å². The Labute approximate surface area is 226 Å². The summed E-state index contributed by atoms with van der Waals surface area (Å²) in [5.41, 5.74) is 16.8. The van der Waals surface area contributed by atoms with E-state index in [9.17, 15) is 9.90 Å². The number of likely N-dealkylation sites (N-methyl/N-ethyl adjacent to an activating group) is 1. The number of rotatable bonds is 8. The number of amides is 1. The normalized spacial score (nSPS) is 13.3. The minimum Gasteiger partial charge on any atom is -0.387 e. The van der Waals surface area contributed by atoms with Gasteiger partial charge < -0.3 is 20.3 Å². The Balaban J connectivity index is 1.54. The van der Waals surface area contributed by atoms with Crippen LogP contribution in [0.15, 0.2) is 67.2 Å². The van der Waals surface area contributed by atoms with Crippen molar-refractivity contribution >= 4 is 51.6 Å². The van der Waals surface area contributed by atoms with Gasteiger partial charge in [-0.25, -0.2) is 4.98 Å². The molecule has 1 amide bonds. The smallest absolute Gasteiger partial charge is 0.248 e. The monoisotopic (exact) mass is 522 g/mol. The van der Waals surface area contributed by atoms with Crippen molar-refractivity contribution in [2.45, 2.75) is 20.3 Å². The van der Waals surface area contributed by atoms with E-state index in [1.54, 1.807) is 15.6 Å². The lowest BCUT2D eigenvalue weighted by molar-refractivity contribution is -0.388. The number of aliphatic hydroxyl groups is 1. The van der Waals surface area contributed by atoms with Crippen LogP contribution in [0, 0.1) is 6.92 Å². The van der Waals surface area contributed by atoms with Crippen molar-refractivity contribution in [1.82, 2.24) is 24.1 Å². The second kappa shape index (κ2) is 10.6. The molecule has 4 aromatic rings. The zero-order chi connectivity index (χ0) is 27.7. The molecular weight excluding hydrogens is 490 g/mol. The van der Waals surface area contributed by atoms with Gasteiger partial charge in [0.25, 0.3) is 0 Å². The Hall–Kier alpha value is -4.72. The van der Waals surface area contributed by atoms with Crippen LogP contribution in [0.3, 0.4) is 0 Å². The number of hydrogen-bond donors (Lipinski definition) is 2. The van der Waals surface area contributed by atoms with E-state index >= 15 is 0 Å². The zero-order valence-electron chi connectivity index (χ0n) is 22.4. The summed E-state index contributed by atoms with van der Waals surface area (Å²) >= 11 is 0. The SMILES string of the molecule is C=C(CCN(CC)C(=O)CO)n1cc(C)c2c(N)n3ncc(C4=C=CC=C(c5ccccc5)[N+](C)=C4)c3nc21. The molecule has 0 aliphatic carbocycles. The number of carbonyl (C=O) groups is 1. The fourth-order valence-corrected chi connectivity index (χ4v) is 4.93. The number of nitrogen functional groups attached to an aromatic ring is 1. The molecule has 5 rings (SSSR count). The Morgan fingerprint density at radius 2 is 2.03 bits per heavy atom. The maximum Gasteiger partial charge on any atom is 0.248 e. The van der Waals surface area contributed by atoms with Gasteiger partial charge in [0.1, 0.15) is 19.5 Å². The molecule has 0 atom stereocenters. The summed E-state index contributed by atoms with van der Waals surface area (Å²) < 4.78 is 5.65. The first-order valence-corrected chi connectivity index (χ1v) is 12.9. The topological polar surface area (TPSA) is 105 Å². The highest BCUT2D eigenvalue weighted by molar-refractivity contribution is 6.11. The summed E-state index contributed by atoms with van der Waals surface area (Å²) in [6.07, 6.45) is 10.2. The van der Waals surface area contributed by atoms with Crippen molar-refractivity contribution in [3.8, 4) is 0 Å². The highest BCUT2D eigenvalue weighted by Gasteiger charge is 2.22. The van der Waals surface area contributed by atoms with Crippen molar-refractivity contribution in [1.29, 1.82) is 0 Å². The molecule has 0 spiro atoms. The van der Waals surface area contributed by atoms with E-state index < -0.39 is 6.61 Å². The van der Waals surface area contributed by atoms with Crippen LogP contribution in [0.25, 0.3) is 33.6 Å². The van der Waals surface area contributed by atoms with Crippen LogP contribution in [-0.2, 0) is 4.79 Å². The van der Waals surface area contributed by atoms with E-state index in [-0.39, 0.29) is 5.91 Å². The highest BCUT2D eigenvalue weighted by atomic mass is 16.3. The molecule has 0 fully saturated rings. The number of aromatic nitrogens is 4. The van der Waals surface area contributed by atoms with E-state index in [4.69, 9.17) is 10.7 Å². The molecule has 0 bridgehead atoms. The molecule has 39 heavy (non-hydrogen) atoms. The van der Waals surface area contributed by atoms with Gasteiger partial charge in [-0.2, -0.15) is 14.2 Å². The Kier molecular flexibility index (Phi) is 7.02. The molecule has 1 aromatic carbocycles. The first kappa shape index (κ1) is 25.9. The lowest BCUT2D eigenvalue weighted by atomic mass is 10.1. The van der Waals surface area contributed by atoms with Gasteiger partial charge in [-0.3, -0.25) is 4.79 Å². The van der Waals surface area contributed by atoms with E-state index in [2.05, 4.69) is 34.1 Å². The number of benzene rings is 1. The molecule has 198 valence electrons. The second-order valence-corrected chi connectivity index (χ2v) is 9.50. The largest absolute Gasteiger partial charge is 0.387 e. The predicted molar refractivity (Wildman–Crippen MR) is 155 cm³/mol. The number of aryl methyl sites for hydroxylation is 1. The summed E-state index contributed by atoms with van der Waals surface area (Å²) in [6, 6.07) is 10.2. The molecule has 9 heteroatoms. The molecule has 9 nitrogen and oxygen atoms in total. The summed E-state index contributed by atoms with van der Waals surface area (Å²) in [4.78, 5) is 18.6. The third-order valence-electron chi connectivity index (χ3n) is 7.03. The minimum absolute atomic E-state index is 0.303. The fourth-order valence-electron chi connectivity index (χ4n) is 4.93. The molecular formula is C30H32N7O2+. The standard InChI is InChI=1S/C30H32N7O2/c1-5-35(26(39)19-38)15-14-21(3)36-17-20(2)27-28(31)37-29(33-30(27)36)24(16-32-37)23-12-9-13-25(34(4)18-23)22-10-7-6-8-11-22/h6-11,13,16-18,38H,3,5,14-15,19,31H2,1-2,4H3/q+1. The minimum atomic E-state index is -0.509. The van der Waals surface area contributed by atoms with Gasteiger partial charge in [0.15, 0.2) is 17.5 Å². The second-order valence-electron chi connectivity index (χ2n) is 9.50. The molecule has 0 unspecified atom stereocenters. The Morgan fingerprint density at radius 3 is 2.74 bits per heavy atom. The number of nitrogens with two attached hydrogens (primary N) is 1. The van der Waals surface area contributed by atoms with E-state index in [0.717, 1.165) is 39.0 Å². The van der Waals surface area contributed by atoms with Crippen molar-refractivity contribution in [2.75, 3.05) is 32.5 Å². The van der Waals surface area contributed by atoms with Gasteiger partial charge in [0, 0.05) is 43.0 Å². The van der Waals surface area contributed by atoms with Gasteiger partial charge in [0.05, 0.1) is 22.7 Å². The third kappa shape index (κ3) is 4.69. The van der Waals surface area contributed by atoms with Gasteiger partial charge in [0.2, 0.25) is 11.6 Å². The third-order valence-corrected chi connectivity index (χ3v) is 7.03. The number of nitrogens with zero attached hydrogens (tertiary/aromatic N) is 6. The molecule has 3 N–H and O–H groups in total. The first-order chi connectivity index (χ1) is 18.8. The maximum atomic E-state index is 12.0. The number of anilines is 1. The summed E-state index contributed by atoms with van der Waals surface area (Å²) in [7, 11) is 2.00. The van der Waals surface area contributed by atoms with Crippen LogP contribution in [0.4, 0.5) is 5.82 Å². The van der Waals surface area contributed by atoms with Crippen LogP contribution in [0.1, 0.15) is 30.0 Å². The predicted octanol–water partition coefficient (Wildman–Crippen LogP) is 3.58. The van der Waals surface area contributed by atoms with Gasteiger partial charge in [-0.15, -0.1) is 5.73 Å². The average Bonchev–Trinajstić information content (AvgIpc) is 3.46. The van der Waals surface area contributed by atoms with Gasteiger partial charge >= 0.3 is 0 Å². The van der Waals surface area contributed by atoms with Crippen LogP contribution in [0.5, 0.6) is 0 Å². The summed E-state index contributed by atoms with van der Waals surface area (Å²) in [5.74, 6) is 0.188. The first-order valence-electron chi connectivity index (χ1n) is 12.9. The van der Waals surface area contributed by atoms with Crippen LogP contribution >= 0.6 is 0 Å². The molecule has 3 aromatic heterocycles. The van der Waals surface area contributed by atoms with Gasteiger partial charge in [-0.1, -0.05) is 24.8 Å². The van der Waals surface area contributed by atoms with Crippen LogP contribution in [-0.4, -0.2) is 72.6 Å². The van der Waals surface area contributed by atoms with E-state index in [1.807, 2.05) is 68.2 Å².